The molecule has 7 heteroatoms. The SMILES string of the molecule is Cc1nc(C(=O)N(C)c2ccccc2)cc(N2CCC3(CC2)OCCO3)n1. The highest BCUT2D eigenvalue weighted by Gasteiger charge is 2.40. The van der Waals surface area contributed by atoms with Crippen molar-refractivity contribution < 1.29 is 14.3 Å². The molecule has 1 amide bonds. The molecule has 1 spiro atoms. The van der Waals surface area contributed by atoms with E-state index in [0.29, 0.717) is 24.7 Å². The maximum absolute atomic E-state index is 12.9. The first-order valence-electron chi connectivity index (χ1n) is 9.28. The molecule has 0 radical (unpaired) electrons. The minimum absolute atomic E-state index is 0.149. The predicted molar refractivity (Wildman–Crippen MR) is 102 cm³/mol. The lowest BCUT2D eigenvalue weighted by Gasteiger charge is -2.38. The number of hydrogen-bond acceptors (Lipinski definition) is 6. The number of aromatic nitrogens is 2. The maximum Gasteiger partial charge on any atom is 0.276 e. The van der Waals surface area contributed by atoms with Gasteiger partial charge in [-0.2, -0.15) is 0 Å². The maximum atomic E-state index is 12.9. The van der Waals surface area contributed by atoms with Crippen LogP contribution in [0.15, 0.2) is 36.4 Å². The summed E-state index contributed by atoms with van der Waals surface area (Å²) in [5, 5.41) is 0. The van der Waals surface area contributed by atoms with Gasteiger partial charge in [0.1, 0.15) is 17.3 Å². The van der Waals surface area contributed by atoms with Crippen LogP contribution in [0.1, 0.15) is 29.2 Å². The predicted octanol–water partition coefficient (Wildman–Crippen LogP) is 2.40. The summed E-state index contributed by atoms with van der Waals surface area (Å²) in [7, 11) is 1.76. The van der Waals surface area contributed by atoms with Crippen molar-refractivity contribution in [2.24, 2.45) is 0 Å². The number of anilines is 2. The summed E-state index contributed by atoms with van der Waals surface area (Å²) in [6, 6.07) is 11.3. The highest BCUT2D eigenvalue weighted by molar-refractivity contribution is 6.04. The molecular formula is C20H24N4O3. The zero-order valence-corrected chi connectivity index (χ0v) is 15.7. The van der Waals surface area contributed by atoms with E-state index in [2.05, 4.69) is 14.9 Å². The third-order valence-electron chi connectivity index (χ3n) is 5.15. The topological polar surface area (TPSA) is 67.8 Å². The molecule has 0 saturated carbocycles. The molecule has 0 N–H and O–H groups in total. The first kappa shape index (κ1) is 17.9. The van der Waals surface area contributed by atoms with Crippen LogP contribution in [-0.2, 0) is 9.47 Å². The van der Waals surface area contributed by atoms with E-state index < -0.39 is 5.79 Å². The number of carbonyl (C=O) groups excluding carboxylic acids is 1. The van der Waals surface area contributed by atoms with Gasteiger partial charge in [0, 0.05) is 44.7 Å². The Morgan fingerprint density at radius 1 is 1.11 bits per heavy atom. The lowest BCUT2D eigenvalue weighted by Crippen LogP contribution is -2.45. The number of ether oxygens (including phenoxy) is 2. The molecule has 142 valence electrons. The highest BCUT2D eigenvalue weighted by Crippen LogP contribution is 2.32. The number of piperidine rings is 1. The molecule has 0 aliphatic carbocycles. The molecule has 1 aromatic heterocycles. The number of rotatable bonds is 3. The molecule has 2 saturated heterocycles. The molecule has 0 bridgehead atoms. The number of hydrogen-bond donors (Lipinski definition) is 0. The average molecular weight is 368 g/mol. The second kappa shape index (κ2) is 7.25. The van der Waals surface area contributed by atoms with Gasteiger partial charge in [0.05, 0.1) is 13.2 Å². The summed E-state index contributed by atoms with van der Waals surface area (Å²) in [5.41, 5.74) is 1.23. The van der Waals surface area contributed by atoms with Crippen LogP contribution in [-0.4, -0.2) is 55.0 Å². The van der Waals surface area contributed by atoms with Gasteiger partial charge < -0.3 is 19.3 Å². The van der Waals surface area contributed by atoms with Gasteiger partial charge in [0.2, 0.25) is 0 Å². The van der Waals surface area contributed by atoms with E-state index >= 15 is 0 Å². The molecular weight excluding hydrogens is 344 g/mol. The van der Waals surface area contributed by atoms with Crippen LogP contribution < -0.4 is 9.80 Å². The highest BCUT2D eigenvalue weighted by atomic mass is 16.7. The minimum atomic E-state index is -0.426. The van der Waals surface area contributed by atoms with Gasteiger partial charge in [-0.15, -0.1) is 0 Å². The van der Waals surface area contributed by atoms with E-state index in [1.165, 1.54) is 0 Å². The summed E-state index contributed by atoms with van der Waals surface area (Å²) in [5.74, 6) is 0.792. The van der Waals surface area contributed by atoms with E-state index in [4.69, 9.17) is 9.47 Å². The zero-order valence-electron chi connectivity index (χ0n) is 15.7. The Hall–Kier alpha value is -2.51. The Morgan fingerprint density at radius 2 is 1.78 bits per heavy atom. The van der Waals surface area contributed by atoms with Crippen LogP contribution in [0.4, 0.5) is 11.5 Å². The van der Waals surface area contributed by atoms with E-state index in [1.807, 2.05) is 37.3 Å². The van der Waals surface area contributed by atoms with Crippen molar-refractivity contribution in [3.8, 4) is 0 Å². The molecule has 2 aromatic rings. The van der Waals surface area contributed by atoms with Crippen LogP contribution in [0.5, 0.6) is 0 Å². The molecule has 3 heterocycles. The van der Waals surface area contributed by atoms with Gasteiger partial charge in [-0.25, -0.2) is 9.97 Å². The van der Waals surface area contributed by atoms with Crippen molar-refractivity contribution in [1.82, 2.24) is 9.97 Å². The first-order chi connectivity index (χ1) is 13.1. The molecule has 2 fully saturated rings. The Bertz CT molecular complexity index is 811. The van der Waals surface area contributed by atoms with Crippen molar-refractivity contribution in [3.63, 3.8) is 0 Å². The first-order valence-corrected chi connectivity index (χ1v) is 9.28. The van der Waals surface area contributed by atoms with E-state index in [9.17, 15) is 4.79 Å². The lowest BCUT2D eigenvalue weighted by molar-refractivity contribution is -0.169. The summed E-state index contributed by atoms with van der Waals surface area (Å²) in [6.45, 7) is 4.70. The Balaban J connectivity index is 1.52. The van der Waals surface area contributed by atoms with Gasteiger partial charge in [0.25, 0.3) is 5.91 Å². The smallest absolute Gasteiger partial charge is 0.276 e. The van der Waals surface area contributed by atoms with Crippen LogP contribution in [0, 0.1) is 6.92 Å². The number of para-hydroxylation sites is 1. The monoisotopic (exact) mass is 368 g/mol. The second-order valence-corrected chi connectivity index (χ2v) is 6.95. The Kier molecular flexibility index (Phi) is 4.80. The normalized spacial score (nSPS) is 18.7. The fourth-order valence-electron chi connectivity index (χ4n) is 3.63. The van der Waals surface area contributed by atoms with Gasteiger partial charge in [-0.3, -0.25) is 4.79 Å². The largest absolute Gasteiger partial charge is 0.356 e. The fourth-order valence-corrected chi connectivity index (χ4v) is 3.63. The van der Waals surface area contributed by atoms with Crippen LogP contribution in [0.2, 0.25) is 0 Å². The van der Waals surface area contributed by atoms with E-state index in [0.717, 1.165) is 37.4 Å². The lowest BCUT2D eigenvalue weighted by atomic mass is 10.0. The molecule has 1 aromatic carbocycles. The minimum Gasteiger partial charge on any atom is -0.356 e. The van der Waals surface area contributed by atoms with Crippen molar-refractivity contribution in [3.05, 3.63) is 47.9 Å². The Morgan fingerprint density at radius 3 is 2.44 bits per heavy atom. The van der Waals surface area contributed by atoms with Crippen molar-refractivity contribution in [2.75, 3.05) is 43.2 Å². The van der Waals surface area contributed by atoms with Crippen LogP contribution >= 0.6 is 0 Å². The molecule has 27 heavy (non-hydrogen) atoms. The molecule has 0 atom stereocenters. The third kappa shape index (κ3) is 3.65. The summed E-state index contributed by atoms with van der Waals surface area (Å²) < 4.78 is 11.6. The fraction of sp³-hybridized carbons (Fsp3) is 0.450. The van der Waals surface area contributed by atoms with Gasteiger partial charge in [-0.1, -0.05) is 18.2 Å². The number of carbonyl (C=O) groups is 1. The molecule has 7 nitrogen and oxygen atoms in total. The van der Waals surface area contributed by atoms with E-state index in [-0.39, 0.29) is 5.91 Å². The Labute approximate surface area is 158 Å². The molecule has 0 unspecified atom stereocenters. The number of benzene rings is 1. The van der Waals surface area contributed by atoms with E-state index in [1.54, 1.807) is 18.0 Å². The summed E-state index contributed by atoms with van der Waals surface area (Å²) in [4.78, 5) is 25.6. The molecule has 4 rings (SSSR count). The van der Waals surface area contributed by atoms with Gasteiger partial charge >= 0.3 is 0 Å². The van der Waals surface area contributed by atoms with Crippen molar-refractivity contribution in [2.45, 2.75) is 25.6 Å². The van der Waals surface area contributed by atoms with Crippen LogP contribution in [0.25, 0.3) is 0 Å². The standard InChI is InChI=1S/C20H24N4O3/c1-15-21-17(19(25)23(2)16-6-4-3-5-7-16)14-18(22-15)24-10-8-20(9-11-24)26-12-13-27-20/h3-7,14H,8-13H2,1-2H3. The second-order valence-electron chi connectivity index (χ2n) is 6.95. The van der Waals surface area contributed by atoms with Gasteiger partial charge in [0.15, 0.2) is 5.79 Å². The van der Waals surface area contributed by atoms with Crippen molar-refractivity contribution in [1.29, 1.82) is 0 Å². The third-order valence-corrected chi connectivity index (χ3v) is 5.15. The number of aryl methyl sites for hydroxylation is 1. The zero-order chi connectivity index (χ0) is 18.9. The summed E-state index contributed by atoms with van der Waals surface area (Å²) in [6.07, 6.45) is 1.59. The summed E-state index contributed by atoms with van der Waals surface area (Å²) >= 11 is 0. The van der Waals surface area contributed by atoms with Gasteiger partial charge in [-0.05, 0) is 19.1 Å². The van der Waals surface area contributed by atoms with Crippen LogP contribution in [0.3, 0.4) is 0 Å². The number of nitrogens with zero attached hydrogens (tertiary/aromatic N) is 4. The van der Waals surface area contributed by atoms with Crippen molar-refractivity contribution >= 4 is 17.4 Å². The molecule has 2 aliphatic heterocycles. The average Bonchev–Trinajstić information content (AvgIpc) is 3.15. The quantitative estimate of drug-likeness (QED) is 0.829. The molecule has 2 aliphatic rings. The number of amides is 1.